The van der Waals surface area contributed by atoms with Crippen LogP contribution < -0.4 is 4.74 Å². The normalized spacial score (nSPS) is 17.5. The molecule has 0 aliphatic carbocycles. The maximum Gasteiger partial charge on any atom is 0.325 e. The number of hydrogen-bond acceptors (Lipinski definition) is 11. The van der Waals surface area contributed by atoms with Crippen molar-refractivity contribution in [3.63, 3.8) is 0 Å². The number of carbonyl (C=O) groups is 4. The lowest BCUT2D eigenvalue weighted by atomic mass is 10.1. The summed E-state index contributed by atoms with van der Waals surface area (Å²) in [6.45, 7) is 4.43. The molecule has 14 nitrogen and oxygen atoms in total. The minimum atomic E-state index is -1.02. The lowest BCUT2D eigenvalue weighted by molar-refractivity contribution is -0.150. The van der Waals surface area contributed by atoms with Gasteiger partial charge in [-0.2, -0.15) is 0 Å². The predicted molar refractivity (Wildman–Crippen MR) is 152 cm³/mol. The molecule has 0 aromatic heterocycles. The van der Waals surface area contributed by atoms with Crippen molar-refractivity contribution in [1.82, 2.24) is 19.6 Å². The number of nitrogens with zero attached hydrogens (tertiary/aromatic N) is 4. The van der Waals surface area contributed by atoms with Crippen molar-refractivity contribution >= 4 is 23.9 Å². The van der Waals surface area contributed by atoms with Gasteiger partial charge in [0, 0.05) is 52.4 Å². The Hall–Kier alpha value is -3.30. The topological polar surface area (TPSA) is 170 Å². The molecular weight excluding hydrogens is 552 g/mol. The first-order valence-electron chi connectivity index (χ1n) is 14.0. The zero-order valence-electron chi connectivity index (χ0n) is 24.5. The number of carboxylic acid groups (broad SMARTS) is 3. The van der Waals surface area contributed by atoms with E-state index in [4.69, 9.17) is 14.2 Å². The number of ether oxygens (including phenoxy) is 3. The molecule has 236 valence electrons. The number of benzene rings is 1. The Balaban J connectivity index is 2.15. The average molecular weight is 597 g/mol. The highest BCUT2D eigenvalue weighted by Crippen LogP contribution is 2.13. The molecule has 2 rings (SSSR count). The lowest BCUT2D eigenvalue weighted by Gasteiger charge is -2.35. The molecule has 1 unspecified atom stereocenters. The Labute approximate surface area is 246 Å². The summed E-state index contributed by atoms with van der Waals surface area (Å²) in [4.78, 5) is 54.2. The highest BCUT2D eigenvalue weighted by atomic mass is 16.5. The Kier molecular flexibility index (Phi) is 15.8. The van der Waals surface area contributed by atoms with E-state index in [9.17, 15) is 34.5 Å². The van der Waals surface area contributed by atoms with Gasteiger partial charge in [-0.05, 0) is 31.0 Å². The standard InChI is InChI=1S/C28H44N4O10/c1-3-42-23-6-4-22(5-7-23)8-17-41-21-24(28(39)40-2)32-15-13-30(19-26(35)36)11-9-29(18-25(33)34)10-12-31(14-16-32)20-27(37)38/h4-7,24H,3,8-21H2,1-2H3,(H,33,34)(H,35,36)(H,37,38). The number of hydrogen-bond donors (Lipinski definition) is 3. The fourth-order valence-corrected chi connectivity index (χ4v) is 4.68. The van der Waals surface area contributed by atoms with E-state index in [2.05, 4.69) is 0 Å². The minimum absolute atomic E-state index is 0.0357. The third-order valence-corrected chi connectivity index (χ3v) is 6.91. The van der Waals surface area contributed by atoms with Crippen molar-refractivity contribution < 1.29 is 48.7 Å². The molecule has 3 N–H and O–H groups in total. The van der Waals surface area contributed by atoms with Crippen LogP contribution in [0.25, 0.3) is 0 Å². The summed E-state index contributed by atoms with van der Waals surface area (Å²) in [7, 11) is 1.29. The van der Waals surface area contributed by atoms with Crippen LogP contribution in [-0.2, 0) is 35.1 Å². The Morgan fingerprint density at radius 1 is 0.762 bits per heavy atom. The molecule has 1 aromatic rings. The molecule has 0 amide bonds. The van der Waals surface area contributed by atoms with Crippen molar-refractivity contribution in [1.29, 1.82) is 0 Å². The Bertz CT molecular complexity index is 961. The second-order valence-corrected chi connectivity index (χ2v) is 9.99. The molecule has 1 aliphatic rings. The molecule has 0 spiro atoms. The predicted octanol–water partition coefficient (Wildman–Crippen LogP) is -0.339. The van der Waals surface area contributed by atoms with Crippen LogP contribution in [0.2, 0.25) is 0 Å². The van der Waals surface area contributed by atoms with Gasteiger partial charge in [0.15, 0.2) is 0 Å². The van der Waals surface area contributed by atoms with Gasteiger partial charge in [-0.3, -0.25) is 38.8 Å². The molecule has 0 radical (unpaired) electrons. The van der Waals surface area contributed by atoms with Crippen LogP contribution in [0.4, 0.5) is 0 Å². The van der Waals surface area contributed by atoms with E-state index in [0.717, 1.165) is 11.3 Å². The summed E-state index contributed by atoms with van der Waals surface area (Å²) in [5.41, 5.74) is 1.05. The number of carbonyl (C=O) groups excluding carboxylic acids is 1. The van der Waals surface area contributed by atoms with Gasteiger partial charge >= 0.3 is 23.9 Å². The van der Waals surface area contributed by atoms with Crippen LogP contribution in [0.1, 0.15) is 12.5 Å². The van der Waals surface area contributed by atoms with Crippen LogP contribution in [0, 0.1) is 0 Å². The fraction of sp³-hybridized carbons (Fsp3) is 0.643. The average Bonchev–Trinajstić information content (AvgIpc) is 2.93. The number of rotatable bonds is 15. The van der Waals surface area contributed by atoms with E-state index < -0.39 is 29.9 Å². The molecule has 1 aliphatic heterocycles. The molecule has 1 atom stereocenters. The molecular formula is C28H44N4O10. The van der Waals surface area contributed by atoms with E-state index >= 15 is 0 Å². The van der Waals surface area contributed by atoms with Crippen LogP contribution in [-0.4, -0.2) is 164 Å². The molecule has 0 bridgehead atoms. The van der Waals surface area contributed by atoms with Gasteiger partial charge in [0.05, 0.1) is 46.6 Å². The van der Waals surface area contributed by atoms with E-state index in [0.29, 0.717) is 19.6 Å². The van der Waals surface area contributed by atoms with E-state index in [1.807, 2.05) is 36.1 Å². The zero-order valence-corrected chi connectivity index (χ0v) is 24.5. The number of carboxylic acids is 3. The monoisotopic (exact) mass is 596 g/mol. The quantitative estimate of drug-likeness (QED) is 0.178. The van der Waals surface area contributed by atoms with Gasteiger partial charge in [0.2, 0.25) is 0 Å². The van der Waals surface area contributed by atoms with Gasteiger partial charge in [-0.15, -0.1) is 0 Å². The fourth-order valence-electron chi connectivity index (χ4n) is 4.68. The highest BCUT2D eigenvalue weighted by Gasteiger charge is 2.29. The third kappa shape index (κ3) is 13.6. The first kappa shape index (κ1) is 34.9. The smallest absolute Gasteiger partial charge is 0.325 e. The maximum atomic E-state index is 12.9. The molecule has 1 fully saturated rings. The van der Waals surface area contributed by atoms with Crippen molar-refractivity contribution in [3.05, 3.63) is 29.8 Å². The molecule has 14 heteroatoms. The lowest BCUT2D eigenvalue weighted by Crippen LogP contribution is -2.53. The van der Waals surface area contributed by atoms with Crippen LogP contribution in [0.15, 0.2) is 24.3 Å². The van der Waals surface area contributed by atoms with E-state index in [1.165, 1.54) is 7.11 Å². The Morgan fingerprint density at radius 2 is 1.21 bits per heavy atom. The van der Waals surface area contributed by atoms with Crippen molar-refractivity contribution in [2.75, 3.05) is 98.9 Å². The van der Waals surface area contributed by atoms with Crippen molar-refractivity contribution in [2.24, 2.45) is 0 Å². The second-order valence-electron chi connectivity index (χ2n) is 9.99. The molecule has 0 saturated carbocycles. The van der Waals surface area contributed by atoms with Crippen molar-refractivity contribution in [3.8, 4) is 5.75 Å². The second kappa shape index (κ2) is 19.0. The molecule has 1 aromatic carbocycles. The first-order chi connectivity index (χ1) is 20.1. The van der Waals surface area contributed by atoms with Gasteiger partial charge in [-0.25, -0.2) is 0 Å². The first-order valence-corrected chi connectivity index (χ1v) is 14.0. The summed E-state index contributed by atoms with van der Waals surface area (Å²) in [5.74, 6) is -2.79. The van der Waals surface area contributed by atoms with Gasteiger partial charge in [-0.1, -0.05) is 12.1 Å². The summed E-state index contributed by atoms with van der Waals surface area (Å²) < 4.78 is 16.4. The molecule has 1 heterocycles. The summed E-state index contributed by atoms with van der Waals surface area (Å²) in [6.07, 6.45) is 0.617. The SMILES string of the molecule is CCOc1ccc(CCOCC(C(=O)OC)N2CCN(CC(=O)O)CCN(CC(=O)O)CCN(CC(=O)O)CC2)cc1. The van der Waals surface area contributed by atoms with Gasteiger partial charge in [0.25, 0.3) is 0 Å². The van der Waals surface area contributed by atoms with Crippen molar-refractivity contribution in [2.45, 2.75) is 19.4 Å². The maximum absolute atomic E-state index is 12.9. The summed E-state index contributed by atoms with van der Waals surface area (Å²) in [5, 5.41) is 28.2. The summed E-state index contributed by atoms with van der Waals surface area (Å²) in [6, 6.07) is 6.89. The summed E-state index contributed by atoms with van der Waals surface area (Å²) >= 11 is 0. The van der Waals surface area contributed by atoms with E-state index in [-0.39, 0.29) is 78.6 Å². The van der Waals surface area contributed by atoms with Gasteiger partial charge < -0.3 is 29.5 Å². The highest BCUT2D eigenvalue weighted by molar-refractivity contribution is 5.75. The van der Waals surface area contributed by atoms with E-state index in [1.54, 1.807) is 14.7 Å². The van der Waals surface area contributed by atoms with Crippen LogP contribution in [0.3, 0.4) is 0 Å². The molecule has 1 saturated heterocycles. The third-order valence-electron chi connectivity index (χ3n) is 6.91. The largest absolute Gasteiger partial charge is 0.494 e. The number of aliphatic carboxylic acids is 3. The van der Waals surface area contributed by atoms with Crippen LogP contribution in [0.5, 0.6) is 5.75 Å². The van der Waals surface area contributed by atoms with Gasteiger partial charge in [0.1, 0.15) is 11.8 Å². The Morgan fingerprint density at radius 3 is 1.62 bits per heavy atom. The molecule has 42 heavy (non-hydrogen) atoms. The number of methoxy groups -OCH3 is 1. The van der Waals surface area contributed by atoms with Crippen LogP contribution >= 0.6 is 0 Å². The minimum Gasteiger partial charge on any atom is -0.494 e. The zero-order chi connectivity index (χ0) is 30.9. The number of esters is 1.